The topological polar surface area (TPSA) is 103 Å². The third-order valence-electron chi connectivity index (χ3n) is 4.19. The number of likely N-dealkylation sites (tertiary alicyclic amines) is 1. The van der Waals surface area contributed by atoms with Gasteiger partial charge in [-0.15, -0.1) is 0 Å². The number of hydrogen-bond donors (Lipinski definition) is 2. The Balaban J connectivity index is 1.75. The zero-order valence-corrected chi connectivity index (χ0v) is 13.8. The molecule has 2 aromatic rings. The van der Waals surface area contributed by atoms with Gasteiger partial charge in [-0.05, 0) is 18.6 Å². The summed E-state index contributed by atoms with van der Waals surface area (Å²) in [6.07, 6.45) is 5.92. The maximum atomic E-state index is 12.3. The third kappa shape index (κ3) is 3.45. The molecule has 2 N–H and O–H groups in total. The SMILES string of the molecule is CNC(=O)c1ccccc1-n1cnc(NC(=O)C2CCN(C#N)C2)c1. The van der Waals surface area contributed by atoms with Crippen LogP contribution < -0.4 is 10.6 Å². The Kier molecular flexibility index (Phi) is 4.66. The number of carbonyl (C=O) groups is 2. The van der Waals surface area contributed by atoms with Gasteiger partial charge in [-0.2, -0.15) is 5.26 Å². The molecule has 1 saturated heterocycles. The van der Waals surface area contributed by atoms with E-state index in [0.717, 1.165) is 0 Å². The predicted octanol–water partition coefficient (Wildman–Crippen LogP) is 0.973. The van der Waals surface area contributed by atoms with E-state index in [4.69, 9.17) is 5.26 Å². The lowest BCUT2D eigenvalue weighted by Crippen LogP contribution is -2.25. The van der Waals surface area contributed by atoms with E-state index in [9.17, 15) is 9.59 Å². The molecule has 8 heteroatoms. The number of nitrogens with zero attached hydrogens (tertiary/aromatic N) is 4. The molecule has 128 valence electrons. The Morgan fingerprint density at radius 3 is 2.88 bits per heavy atom. The number of carbonyl (C=O) groups excluding carboxylic acids is 2. The molecule has 1 fully saturated rings. The summed E-state index contributed by atoms with van der Waals surface area (Å²) in [5, 5.41) is 14.2. The van der Waals surface area contributed by atoms with E-state index in [0.29, 0.717) is 36.6 Å². The van der Waals surface area contributed by atoms with E-state index in [1.165, 1.54) is 0 Å². The van der Waals surface area contributed by atoms with Crippen molar-refractivity contribution in [2.45, 2.75) is 6.42 Å². The highest BCUT2D eigenvalue weighted by Gasteiger charge is 2.28. The van der Waals surface area contributed by atoms with E-state index in [-0.39, 0.29) is 17.7 Å². The highest BCUT2D eigenvalue weighted by molar-refractivity contribution is 5.97. The number of para-hydroxylation sites is 1. The first-order chi connectivity index (χ1) is 12.1. The first-order valence-electron chi connectivity index (χ1n) is 7.93. The van der Waals surface area contributed by atoms with Crippen molar-refractivity contribution in [1.82, 2.24) is 19.8 Å². The molecule has 1 unspecified atom stereocenters. The quantitative estimate of drug-likeness (QED) is 0.809. The zero-order valence-electron chi connectivity index (χ0n) is 13.8. The van der Waals surface area contributed by atoms with Crippen molar-refractivity contribution >= 4 is 17.6 Å². The van der Waals surface area contributed by atoms with Crippen molar-refractivity contribution in [3.8, 4) is 11.9 Å². The van der Waals surface area contributed by atoms with Crippen LogP contribution in [0, 0.1) is 17.4 Å². The first-order valence-corrected chi connectivity index (χ1v) is 7.93. The zero-order chi connectivity index (χ0) is 17.8. The monoisotopic (exact) mass is 338 g/mol. The van der Waals surface area contributed by atoms with Gasteiger partial charge in [0.05, 0.1) is 23.4 Å². The molecule has 1 aromatic heterocycles. The Bertz CT molecular complexity index is 838. The highest BCUT2D eigenvalue weighted by atomic mass is 16.2. The minimum Gasteiger partial charge on any atom is -0.355 e. The summed E-state index contributed by atoms with van der Waals surface area (Å²) in [7, 11) is 1.57. The number of imidazole rings is 1. The van der Waals surface area contributed by atoms with Crippen LogP contribution in [0.2, 0.25) is 0 Å². The number of rotatable bonds is 4. The average molecular weight is 338 g/mol. The molecule has 0 bridgehead atoms. The minimum absolute atomic E-state index is 0.150. The van der Waals surface area contributed by atoms with Gasteiger partial charge in [0.15, 0.2) is 12.0 Å². The lowest BCUT2D eigenvalue weighted by atomic mass is 10.1. The second kappa shape index (κ2) is 7.05. The van der Waals surface area contributed by atoms with E-state index in [2.05, 4.69) is 21.8 Å². The second-order valence-electron chi connectivity index (χ2n) is 5.78. The number of aromatic nitrogens is 2. The van der Waals surface area contributed by atoms with Crippen LogP contribution in [0.25, 0.3) is 5.69 Å². The Labute approximate surface area is 145 Å². The van der Waals surface area contributed by atoms with Gasteiger partial charge in [0.2, 0.25) is 5.91 Å². The molecule has 2 heterocycles. The highest BCUT2D eigenvalue weighted by Crippen LogP contribution is 2.19. The molecule has 1 aliphatic rings. The number of amides is 2. The molecular formula is C17H18N6O2. The summed E-state index contributed by atoms with van der Waals surface area (Å²) in [6.45, 7) is 1.03. The summed E-state index contributed by atoms with van der Waals surface area (Å²) in [4.78, 5) is 30.0. The molecule has 3 rings (SSSR count). The number of nitrogens with one attached hydrogen (secondary N) is 2. The number of hydrogen-bond acceptors (Lipinski definition) is 5. The normalized spacial score (nSPS) is 16.3. The lowest BCUT2D eigenvalue weighted by molar-refractivity contribution is -0.119. The number of benzene rings is 1. The minimum atomic E-state index is -0.219. The largest absolute Gasteiger partial charge is 0.355 e. The van der Waals surface area contributed by atoms with Gasteiger partial charge in [-0.3, -0.25) is 9.59 Å². The predicted molar refractivity (Wildman–Crippen MR) is 90.9 cm³/mol. The van der Waals surface area contributed by atoms with Crippen LogP contribution in [0.3, 0.4) is 0 Å². The van der Waals surface area contributed by atoms with Crippen LogP contribution >= 0.6 is 0 Å². The van der Waals surface area contributed by atoms with Crippen LogP contribution in [-0.4, -0.2) is 46.4 Å². The summed E-state index contributed by atoms with van der Waals surface area (Å²) >= 11 is 0. The maximum absolute atomic E-state index is 12.3. The molecule has 0 radical (unpaired) electrons. The number of anilines is 1. The smallest absolute Gasteiger partial charge is 0.253 e. The van der Waals surface area contributed by atoms with Crippen LogP contribution in [0.5, 0.6) is 0 Å². The molecule has 0 saturated carbocycles. The molecule has 0 spiro atoms. The van der Waals surface area contributed by atoms with Crippen molar-refractivity contribution in [1.29, 1.82) is 5.26 Å². The van der Waals surface area contributed by atoms with E-state index in [1.807, 2.05) is 6.07 Å². The van der Waals surface area contributed by atoms with Gasteiger partial charge in [-0.25, -0.2) is 4.98 Å². The summed E-state index contributed by atoms with van der Waals surface area (Å²) in [5.74, 6) is -0.157. The van der Waals surface area contributed by atoms with Crippen LogP contribution in [0.1, 0.15) is 16.8 Å². The molecule has 0 aliphatic carbocycles. The fourth-order valence-corrected chi connectivity index (χ4v) is 2.84. The molecule has 2 amide bonds. The van der Waals surface area contributed by atoms with Crippen molar-refractivity contribution in [3.05, 3.63) is 42.4 Å². The second-order valence-corrected chi connectivity index (χ2v) is 5.78. The average Bonchev–Trinajstić information content (AvgIpc) is 3.30. The van der Waals surface area contributed by atoms with Crippen LogP contribution in [0.15, 0.2) is 36.8 Å². The molecule has 1 aromatic carbocycles. The van der Waals surface area contributed by atoms with Crippen molar-refractivity contribution in [2.75, 3.05) is 25.5 Å². The van der Waals surface area contributed by atoms with Gasteiger partial charge in [0.25, 0.3) is 5.91 Å². The summed E-state index contributed by atoms with van der Waals surface area (Å²) < 4.78 is 1.69. The fraction of sp³-hybridized carbons (Fsp3) is 0.294. The first kappa shape index (κ1) is 16.5. The third-order valence-corrected chi connectivity index (χ3v) is 4.19. The standard InChI is InChI=1S/C17H18N6O2/c1-19-17(25)13-4-2-3-5-14(13)23-9-15(20-11-23)21-16(24)12-6-7-22(8-12)10-18/h2-5,9,11-12H,6-8H2,1H3,(H,19,25)(H,21,24). The molecular weight excluding hydrogens is 320 g/mol. The molecule has 25 heavy (non-hydrogen) atoms. The van der Waals surface area contributed by atoms with E-state index in [1.54, 1.807) is 47.2 Å². The van der Waals surface area contributed by atoms with Crippen LogP contribution in [-0.2, 0) is 4.79 Å². The molecule has 8 nitrogen and oxygen atoms in total. The van der Waals surface area contributed by atoms with Gasteiger partial charge in [0.1, 0.15) is 6.33 Å². The van der Waals surface area contributed by atoms with Crippen molar-refractivity contribution < 1.29 is 9.59 Å². The lowest BCUT2D eigenvalue weighted by Gasteiger charge is -2.09. The Morgan fingerprint density at radius 2 is 2.16 bits per heavy atom. The van der Waals surface area contributed by atoms with Gasteiger partial charge >= 0.3 is 0 Å². The van der Waals surface area contributed by atoms with Gasteiger partial charge < -0.3 is 20.1 Å². The maximum Gasteiger partial charge on any atom is 0.253 e. The molecule has 1 aliphatic heterocycles. The van der Waals surface area contributed by atoms with Gasteiger partial charge in [0, 0.05) is 20.1 Å². The van der Waals surface area contributed by atoms with E-state index < -0.39 is 0 Å². The van der Waals surface area contributed by atoms with Gasteiger partial charge in [-0.1, -0.05) is 12.1 Å². The fourth-order valence-electron chi connectivity index (χ4n) is 2.84. The number of nitriles is 1. The van der Waals surface area contributed by atoms with Crippen molar-refractivity contribution in [3.63, 3.8) is 0 Å². The Hall–Kier alpha value is -3.34. The van der Waals surface area contributed by atoms with Crippen LogP contribution in [0.4, 0.5) is 5.82 Å². The Morgan fingerprint density at radius 1 is 1.36 bits per heavy atom. The summed E-state index contributed by atoms with van der Waals surface area (Å²) in [6, 6.07) is 7.14. The van der Waals surface area contributed by atoms with Crippen molar-refractivity contribution in [2.24, 2.45) is 5.92 Å². The van der Waals surface area contributed by atoms with E-state index >= 15 is 0 Å². The molecule has 1 atom stereocenters. The summed E-state index contributed by atoms with van der Waals surface area (Å²) in [5.41, 5.74) is 1.19.